The van der Waals surface area contributed by atoms with Gasteiger partial charge in [0.05, 0.1) is 31.9 Å². The van der Waals surface area contributed by atoms with Crippen molar-refractivity contribution in [3.63, 3.8) is 0 Å². The Morgan fingerprint density at radius 3 is 2.09 bits per heavy atom. The molecule has 35 heavy (non-hydrogen) atoms. The van der Waals surface area contributed by atoms with Gasteiger partial charge in [0.15, 0.2) is 0 Å². The molecule has 1 atom stereocenters. The summed E-state index contributed by atoms with van der Waals surface area (Å²) >= 11 is 0. The van der Waals surface area contributed by atoms with Crippen molar-refractivity contribution in [1.29, 1.82) is 0 Å². The number of nitrogens with zero attached hydrogens (tertiary/aromatic N) is 1. The van der Waals surface area contributed by atoms with E-state index in [-0.39, 0.29) is 17.4 Å². The number of ketones is 1. The third-order valence-corrected chi connectivity index (χ3v) is 5.71. The fourth-order valence-corrected chi connectivity index (χ4v) is 4.08. The quantitative estimate of drug-likeness (QED) is 0.291. The first kappa shape index (κ1) is 23.9. The van der Waals surface area contributed by atoms with E-state index in [0.717, 1.165) is 0 Å². The van der Waals surface area contributed by atoms with Crippen LogP contribution in [0.3, 0.4) is 0 Å². The van der Waals surface area contributed by atoms with E-state index in [4.69, 9.17) is 14.2 Å². The minimum atomic E-state index is -0.845. The molecule has 4 rings (SSSR count). The lowest BCUT2D eigenvalue weighted by atomic mass is 9.95. The molecule has 3 aromatic rings. The molecule has 1 unspecified atom stereocenters. The molecule has 1 fully saturated rings. The molecule has 0 spiro atoms. The predicted octanol–water partition coefficient (Wildman–Crippen LogP) is 5.12. The van der Waals surface area contributed by atoms with Crippen LogP contribution >= 0.6 is 0 Å². The fourth-order valence-electron chi connectivity index (χ4n) is 4.08. The van der Waals surface area contributed by atoms with Gasteiger partial charge in [-0.1, -0.05) is 24.3 Å². The highest BCUT2D eigenvalue weighted by atomic mass is 16.5. The molecule has 3 aromatic carbocycles. The molecule has 0 aliphatic carbocycles. The van der Waals surface area contributed by atoms with Crippen LogP contribution in [0, 0.1) is 0 Å². The smallest absolute Gasteiger partial charge is 0.300 e. The molecule has 0 radical (unpaired) electrons. The maximum absolute atomic E-state index is 13.3. The average molecular weight is 474 g/mol. The number of hydrogen-bond acceptors (Lipinski definition) is 6. The van der Waals surface area contributed by atoms with E-state index >= 15 is 0 Å². The van der Waals surface area contributed by atoms with Crippen LogP contribution in [0.1, 0.15) is 31.0 Å². The number of carbonyl (C=O) groups is 2. The Morgan fingerprint density at radius 1 is 0.857 bits per heavy atom. The van der Waals surface area contributed by atoms with E-state index in [1.165, 1.54) is 12.0 Å². The summed E-state index contributed by atoms with van der Waals surface area (Å²) in [6, 6.07) is 19.9. The summed E-state index contributed by atoms with van der Waals surface area (Å²) in [5, 5.41) is 11.3. The van der Waals surface area contributed by atoms with Gasteiger partial charge in [0, 0.05) is 11.3 Å². The molecular weight excluding hydrogens is 446 g/mol. The summed E-state index contributed by atoms with van der Waals surface area (Å²) in [5.74, 6) is 0.0306. The lowest BCUT2D eigenvalue weighted by molar-refractivity contribution is -0.132. The van der Waals surface area contributed by atoms with Gasteiger partial charge in [-0.2, -0.15) is 0 Å². The van der Waals surface area contributed by atoms with Crippen molar-refractivity contribution in [3.05, 3.63) is 89.5 Å². The molecule has 1 aliphatic heterocycles. The summed E-state index contributed by atoms with van der Waals surface area (Å²) in [4.78, 5) is 28.0. The van der Waals surface area contributed by atoms with Crippen LogP contribution in [0.25, 0.3) is 5.76 Å². The Kier molecular flexibility index (Phi) is 6.78. The van der Waals surface area contributed by atoms with E-state index < -0.39 is 17.7 Å². The molecule has 7 heteroatoms. The first-order chi connectivity index (χ1) is 16.8. The van der Waals surface area contributed by atoms with Crippen LogP contribution in [-0.4, -0.2) is 37.1 Å². The number of Topliss-reactive ketones (excluding diaryl/α,β-unsaturated/α-hetero) is 1. The van der Waals surface area contributed by atoms with Crippen molar-refractivity contribution in [1.82, 2.24) is 0 Å². The topological polar surface area (TPSA) is 85.3 Å². The molecular formula is C28H27NO6. The van der Waals surface area contributed by atoms with Gasteiger partial charge in [-0.3, -0.25) is 14.5 Å². The summed E-state index contributed by atoms with van der Waals surface area (Å²) < 4.78 is 16.2. The van der Waals surface area contributed by atoms with Crippen molar-refractivity contribution in [2.45, 2.75) is 26.0 Å². The third-order valence-electron chi connectivity index (χ3n) is 5.71. The van der Waals surface area contributed by atoms with Crippen molar-refractivity contribution in [3.8, 4) is 17.2 Å². The molecule has 0 aromatic heterocycles. The Balaban J connectivity index is 1.88. The molecule has 1 amide bonds. The number of carbonyl (C=O) groups excluding carboxylic acids is 2. The Hall–Kier alpha value is -4.26. The number of hydrogen-bond donors (Lipinski definition) is 1. The zero-order valence-corrected chi connectivity index (χ0v) is 20.0. The number of aliphatic hydroxyl groups excluding tert-OH is 1. The molecule has 180 valence electrons. The number of ether oxygens (including phenoxy) is 3. The van der Waals surface area contributed by atoms with Crippen LogP contribution in [0.15, 0.2) is 78.4 Å². The van der Waals surface area contributed by atoms with Gasteiger partial charge in [-0.15, -0.1) is 0 Å². The van der Waals surface area contributed by atoms with E-state index in [9.17, 15) is 14.7 Å². The Bertz CT molecular complexity index is 1260. The van der Waals surface area contributed by atoms with Crippen molar-refractivity contribution >= 4 is 23.1 Å². The minimum Gasteiger partial charge on any atom is -0.507 e. The number of anilines is 1. The first-order valence-electron chi connectivity index (χ1n) is 11.2. The molecule has 7 nitrogen and oxygen atoms in total. The highest BCUT2D eigenvalue weighted by Gasteiger charge is 2.47. The minimum absolute atomic E-state index is 0.00107. The first-order valence-corrected chi connectivity index (χ1v) is 11.2. The summed E-state index contributed by atoms with van der Waals surface area (Å²) in [7, 11) is 3.07. The zero-order valence-electron chi connectivity index (χ0n) is 20.0. The number of benzene rings is 3. The average Bonchev–Trinajstić information content (AvgIpc) is 3.14. The highest BCUT2D eigenvalue weighted by molar-refractivity contribution is 6.51. The van der Waals surface area contributed by atoms with E-state index in [0.29, 0.717) is 34.1 Å². The maximum Gasteiger partial charge on any atom is 0.300 e. The SMILES string of the molecule is COc1ccc(N2C(=O)C(=O)/C(=C(\O)c3cccc(OC)c3)C2c2ccc(OC(C)C)cc2)cc1. The molecule has 1 aliphatic rings. The number of aliphatic hydroxyl groups is 1. The maximum atomic E-state index is 13.3. The van der Waals surface area contributed by atoms with Crippen LogP contribution in [0.2, 0.25) is 0 Å². The Morgan fingerprint density at radius 2 is 1.49 bits per heavy atom. The van der Waals surface area contributed by atoms with Crippen LogP contribution in [-0.2, 0) is 9.59 Å². The van der Waals surface area contributed by atoms with E-state index in [1.807, 2.05) is 13.8 Å². The Labute approximate surface area is 204 Å². The molecule has 1 saturated heterocycles. The lowest BCUT2D eigenvalue weighted by Crippen LogP contribution is -2.29. The number of amides is 1. The standard InChI is InChI=1S/C28H27NO6/c1-17(2)35-22-12-8-18(9-13-22)25-24(26(30)19-6-5-7-23(16-19)34-4)27(31)28(32)29(25)20-10-14-21(33-3)15-11-20/h5-17,25,30H,1-4H3/b26-24-. The molecule has 0 bridgehead atoms. The molecule has 1 N–H and O–H groups in total. The monoisotopic (exact) mass is 473 g/mol. The largest absolute Gasteiger partial charge is 0.507 e. The van der Waals surface area contributed by atoms with E-state index in [2.05, 4.69) is 0 Å². The van der Waals surface area contributed by atoms with Gasteiger partial charge in [0.2, 0.25) is 0 Å². The summed E-state index contributed by atoms with van der Waals surface area (Å²) in [6.07, 6.45) is -0.00107. The third kappa shape index (κ3) is 4.71. The van der Waals surface area contributed by atoms with Gasteiger partial charge in [0.1, 0.15) is 23.0 Å². The second-order valence-electron chi connectivity index (χ2n) is 8.33. The van der Waals surface area contributed by atoms with Crippen LogP contribution in [0.5, 0.6) is 17.2 Å². The van der Waals surface area contributed by atoms with E-state index in [1.54, 1.807) is 79.9 Å². The number of methoxy groups -OCH3 is 2. The van der Waals surface area contributed by atoms with Gasteiger partial charge in [-0.25, -0.2) is 0 Å². The molecule has 1 heterocycles. The van der Waals surface area contributed by atoms with Crippen molar-refractivity contribution in [2.75, 3.05) is 19.1 Å². The second kappa shape index (κ2) is 9.93. The highest BCUT2D eigenvalue weighted by Crippen LogP contribution is 2.43. The summed E-state index contributed by atoms with van der Waals surface area (Å²) in [6.45, 7) is 3.86. The van der Waals surface area contributed by atoms with Gasteiger partial charge >= 0.3 is 0 Å². The zero-order chi connectivity index (χ0) is 25.1. The van der Waals surface area contributed by atoms with Gasteiger partial charge < -0.3 is 19.3 Å². The van der Waals surface area contributed by atoms with Crippen LogP contribution < -0.4 is 19.1 Å². The fraction of sp³-hybridized carbons (Fsp3) is 0.214. The lowest BCUT2D eigenvalue weighted by Gasteiger charge is -2.26. The van der Waals surface area contributed by atoms with Crippen molar-refractivity contribution in [2.24, 2.45) is 0 Å². The predicted molar refractivity (Wildman–Crippen MR) is 133 cm³/mol. The van der Waals surface area contributed by atoms with Crippen molar-refractivity contribution < 1.29 is 28.9 Å². The number of rotatable bonds is 7. The van der Waals surface area contributed by atoms with Gasteiger partial charge in [0.25, 0.3) is 11.7 Å². The van der Waals surface area contributed by atoms with Gasteiger partial charge in [-0.05, 0) is 67.9 Å². The summed E-state index contributed by atoms with van der Waals surface area (Å²) in [5.41, 5.74) is 1.53. The normalized spacial score (nSPS) is 17.1. The van der Waals surface area contributed by atoms with Crippen LogP contribution in [0.4, 0.5) is 5.69 Å². The molecule has 0 saturated carbocycles. The second-order valence-corrected chi connectivity index (χ2v) is 8.33.